The van der Waals surface area contributed by atoms with Gasteiger partial charge < -0.3 is 20.3 Å². The van der Waals surface area contributed by atoms with Crippen molar-refractivity contribution in [2.45, 2.75) is 30.8 Å². The molecule has 0 radical (unpaired) electrons. The molecule has 0 aromatic heterocycles. The van der Waals surface area contributed by atoms with E-state index in [9.17, 15) is 8.42 Å². The minimum Gasteiger partial charge on any atom is -0.495 e. The molecule has 0 amide bonds. The largest absolute Gasteiger partial charge is 0.495 e. The van der Waals surface area contributed by atoms with Crippen molar-refractivity contribution in [2.24, 2.45) is 4.99 Å². The molecule has 2 N–H and O–H groups in total. The van der Waals surface area contributed by atoms with Crippen molar-refractivity contribution in [1.29, 1.82) is 0 Å². The average molecular weight is 431 g/mol. The second-order valence-electron chi connectivity index (χ2n) is 7.36. The Balaban J connectivity index is 1.63. The summed E-state index contributed by atoms with van der Waals surface area (Å²) in [6, 6.07) is 15.2. The lowest BCUT2D eigenvalue weighted by Crippen LogP contribution is -2.44. The minimum absolute atomic E-state index is 0.278. The molecule has 2 aromatic carbocycles. The van der Waals surface area contributed by atoms with Gasteiger partial charge >= 0.3 is 0 Å². The van der Waals surface area contributed by atoms with Crippen LogP contribution in [0.2, 0.25) is 0 Å². The van der Waals surface area contributed by atoms with Crippen molar-refractivity contribution in [3.63, 3.8) is 0 Å². The van der Waals surface area contributed by atoms with Crippen molar-refractivity contribution in [2.75, 3.05) is 37.9 Å². The number of methoxy groups -OCH3 is 1. The van der Waals surface area contributed by atoms with Crippen molar-refractivity contribution in [3.05, 3.63) is 54.1 Å². The molecule has 1 unspecified atom stereocenters. The smallest absolute Gasteiger partial charge is 0.191 e. The average Bonchev–Trinajstić information content (AvgIpc) is 3.20. The molecule has 3 rings (SSSR count). The van der Waals surface area contributed by atoms with Gasteiger partial charge in [-0.05, 0) is 43.2 Å². The van der Waals surface area contributed by atoms with E-state index in [1.54, 1.807) is 19.2 Å². The zero-order valence-electron chi connectivity index (χ0n) is 17.8. The monoisotopic (exact) mass is 430 g/mol. The highest BCUT2D eigenvalue weighted by Crippen LogP contribution is 2.30. The standard InChI is InChI=1S/C22H30N4O3S/c1-4-23-22(24-15-17-9-11-19(12-10-17)30(3,27)28)25-18-13-14-26(16-18)20-7-5-6-8-21(20)29-2/h5-12,18H,4,13-16H2,1-3H3,(H2,23,24,25). The number of guanidine groups is 1. The number of hydrogen-bond donors (Lipinski definition) is 2. The van der Waals surface area contributed by atoms with E-state index in [0.29, 0.717) is 11.4 Å². The molecule has 0 bridgehead atoms. The van der Waals surface area contributed by atoms with Crippen LogP contribution in [0.3, 0.4) is 0 Å². The first-order valence-electron chi connectivity index (χ1n) is 10.1. The van der Waals surface area contributed by atoms with Gasteiger partial charge in [0.2, 0.25) is 0 Å². The number of anilines is 1. The van der Waals surface area contributed by atoms with Gasteiger partial charge in [0, 0.05) is 31.9 Å². The highest BCUT2D eigenvalue weighted by Gasteiger charge is 2.25. The first-order chi connectivity index (χ1) is 14.4. The summed E-state index contributed by atoms with van der Waals surface area (Å²) in [5, 5.41) is 6.81. The van der Waals surface area contributed by atoms with Gasteiger partial charge in [0.25, 0.3) is 0 Å². The molecule has 2 aromatic rings. The fraction of sp³-hybridized carbons (Fsp3) is 0.409. The predicted molar refractivity (Wildman–Crippen MR) is 121 cm³/mol. The summed E-state index contributed by atoms with van der Waals surface area (Å²) in [5.74, 6) is 1.65. The Kier molecular flexibility index (Phi) is 7.20. The lowest BCUT2D eigenvalue weighted by molar-refractivity contribution is 0.415. The van der Waals surface area contributed by atoms with E-state index in [0.717, 1.165) is 49.0 Å². The fourth-order valence-electron chi connectivity index (χ4n) is 3.51. The van der Waals surface area contributed by atoms with Crippen molar-refractivity contribution < 1.29 is 13.2 Å². The van der Waals surface area contributed by atoms with E-state index in [4.69, 9.17) is 4.74 Å². The van der Waals surface area contributed by atoms with E-state index in [-0.39, 0.29) is 6.04 Å². The fourth-order valence-corrected chi connectivity index (χ4v) is 4.14. The molecule has 1 aliphatic rings. The highest BCUT2D eigenvalue weighted by molar-refractivity contribution is 7.90. The van der Waals surface area contributed by atoms with Crippen molar-refractivity contribution in [3.8, 4) is 5.75 Å². The van der Waals surface area contributed by atoms with Crippen LogP contribution in [0.1, 0.15) is 18.9 Å². The van der Waals surface area contributed by atoms with Crippen LogP contribution >= 0.6 is 0 Å². The molecule has 0 aliphatic carbocycles. The molecular weight excluding hydrogens is 400 g/mol. The van der Waals surface area contributed by atoms with Crippen LogP contribution in [-0.4, -0.2) is 53.4 Å². The summed E-state index contributed by atoms with van der Waals surface area (Å²) >= 11 is 0. The van der Waals surface area contributed by atoms with Crippen molar-refractivity contribution >= 4 is 21.5 Å². The number of ether oxygens (including phenoxy) is 1. The Morgan fingerprint density at radius 1 is 1.20 bits per heavy atom. The van der Waals surface area contributed by atoms with Gasteiger partial charge in [-0.15, -0.1) is 0 Å². The van der Waals surface area contributed by atoms with Crippen LogP contribution in [0.4, 0.5) is 5.69 Å². The first kappa shape index (κ1) is 22.0. The molecule has 7 nitrogen and oxygen atoms in total. The predicted octanol–water partition coefficient (Wildman–Crippen LogP) is 2.43. The molecule has 162 valence electrons. The zero-order chi connectivity index (χ0) is 21.6. The molecule has 1 aliphatic heterocycles. The zero-order valence-corrected chi connectivity index (χ0v) is 18.6. The molecule has 8 heteroatoms. The van der Waals surface area contributed by atoms with Gasteiger partial charge in [-0.2, -0.15) is 0 Å². The number of para-hydroxylation sites is 2. The van der Waals surface area contributed by atoms with Gasteiger partial charge in [0.1, 0.15) is 5.75 Å². The topological polar surface area (TPSA) is 83.0 Å². The third-order valence-electron chi connectivity index (χ3n) is 5.07. The Labute approximate surface area is 179 Å². The first-order valence-corrected chi connectivity index (χ1v) is 12.0. The van der Waals surface area contributed by atoms with Gasteiger partial charge in [0.05, 0.1) is 24.2 Å². The second kappa shape index (κ2) is 9.84. The molecule has 1 saturated heterocycles. The summed E-state index contributed by atoms with van der Waals surface area (Å²) in [4.78, 5) is 7.32. The maximum Gasteiger partial charge on any atom is 0.191 e. The normalized spacial score (nSPS) is 17.1. The summed E-state index contributed by atoms with van der Waals surface area (Å²) in [6.07, 6.45) is 2.22. The van der Waals surface area contributed by atoms with E-state index in [2.05, 4.69) is 26.6 Å². The van der Waals surface area contributed by atoms with Gasteiger partial charge in [-0.25, -0.2) is 13.4 Å². The van der Waals surface area contributed by atoms with Crippen LogP contribution in [0.15, 0.2) is 58.4 Å². The number of aliphatic imine (C=N–C) groups is 1. The van der Waals surface area contributed by atoms with Crippen LogP contribution in [-0.2, 0) is 16.4 Å². The summed E-state index contributed by atoms with van der Waals surface area (Å²) < 4.78 is 28.7. The molecule has 1 heterocycles. The third-order valence-corrected chi connectivity index (χ3v) is 6.20. The van der Waals surface area contributed by atoms with Crippen LogP contribution in [0.5, 0.6) is 5.75 Å². The van der Waals surface area contributed by atoms with E-state index >= 15 is 0 Å². The molecule has 1 atom stereocenters. The number of benzene rings is 2. The van der Waals surface area contributed by atoms with E-state index < -0.39 is 9.84 Å². The maximum absolute atomic E-state index is 11.6. The van der Waals surface area contributed by atoms with E-state index in [1.165, 1.54) is 6.26 Å². The molecule has 0 saturated carbocycles. The molecule has 1 fully saturated rings. The maximum atomic E-state index is 11.6. The number of sulfone groups is 1. The molecule has 30 heavy (non-hydrogen) atoms. The summed E-state index contributed by atoms with van der Waals surface area (Å²) in [6.45, 7) is 5.09. The van der Waals surface area contributed by atoms with Crippen LogP contribution in [0, 0.1) is 0 Å². The minimum atomic E-state index is -3.18. The second-order valence-corrected chi connectivity index (χ2v) is 9.37. The van der Waals surface area contributed by atoms with Gasteiger partial charge in [-0.3, -0.25) is 0 Å². The van der Waals surface area contributed by atoms with Gasteiger partial charge in [-0.1, -0.05) is 24.3 Å². The Bertz CT molecular complexity index is 974. The van der Waals surface area contributed by atoms with Crippen LogP contribution in [0.25, 0.3) is 0 Å². The third kappa shape index (κ3) is 5.66. The number of nitrogens with one attached hydrogen (secondary N) is 2. The Hall–Kier alpha value is -2.74. The summed E-state index contributed by atoms with van der Waals surface area (Å²) in [5.41, 5.74) is 2.07. The lowest BCUT2D eigenvalue weighted by atomic mass is 10.2. The van der Waals surface area contributed by atoms with E-state index in [1.807, 2.05) is 37.3 Å². The summed E-state index contributed by atoms with van der Waals surface area (Å²) in [7, 11) is -1.49. The highest BCUT2D eigenvalue weighted by atomic mass is 32.2. The number of rotatable bonds is 7. The Morgan fingerprint density at radius 3 is 2.60 bits per heavy atom. The number of nitrogens with zero attached hydrogens (tertiary/aromatic N) is 2. The van der Waals surface area contributed by atoms with Crippen LogP contribution < -0.4 is 20.3 Å². The van der Waals surface area contributed by atoms with Crippen molar-refractivity contribution in [1.82, 2.24) is 10.6 Å². The molecule has 0 spiro atoms. The SMILES string of the molecule is CCNC(=NCc1ccc(S(C)(=O)=O)cc1)NC1CCN(c2ccccc2OC)C1. The molecular formula is C22H30N4O3S. The number of hydrogen-bond acceptors (Lipinski definition) is 5. The Morgan fingerprint density at radius 2 is 1.93 bits per heavy atom. The lowest BCUT2D eigenvalue weighted by Gasteiger charge is -2.22. The van der Waals surface area contributed by atoms with Gasteiger partial charge in [0.15, 0.2) is 15.8 Å². The quantitative estimate of drug-likeness (QED) is 0.519.